The minimum atomic E-state index is -0.0527. The van der Waals surface area contributed by atoms with Crippen LogP contribution in [0, 0.1) is 88.8 Å². The molecule has 7 nitrogen and oxygen atoms in total. The molecule has 10 bridgehead atoms. The molecule has 0 saturated heterocycles. The van der Waals surface area contributed by atoms with Gasteiger partial charge in [0.2, 0.25) is 0 Å². The van der Waals surface area contributed by atoms with Crippen LogP contribution in [0.3, 0.4) is 0 Å². The van der Waals surface area contributed by atoms with E-state index in [-0.39, 0.29) is 24.4 Å². The second-order valence-corrected chi connectivity index (χ2v) is 23.5. The van der Waals surface area contributed by atoms with Crippen molar-refractivity contribution in [2.75, 3.05) is 19.8 Å². The van der Waals surface area contributed by atoms with Crippen molar-refractivity contribution >= 4 is 0 Å². The predicted octanol–water partition coefficient (Wildman–Crippen LogP) is 10.5. The van der Waals surface area contributed by atoms with E-state index < -0.39 is 0 Å². The Morgan fingerprint density at radius 1 is 0.393 bits per heavy atom. The van der Waals surface area contributed by atoms with Gasteiger partial charge in [-0.15, -0.1) is 0 Å². The van der Waals surface area contributed by atoms with Crippen molar-refractivity contribution in [1.29, 1.82) is 0 Å². The normalized spacial score (nSPS) is 43.8. The lowest BCUT2D eigenvalue weighted by Crippen LogP contribution is -2.36. The maximum atomic E-state index is 9.50. The molecule has 7 N–H and O–H groups in total. The van der Waals surface area contributed by atoms with E-state index in [1.165, 1.54) is 161 Å². The third-order valence-electron chi connectivity index (χ3n) is 19.6. The van der Waals surface area contributed by atoms with Gasteiger partial charge < -0.3 is 35.7 Å². The Labute approximate surface area is 374 Å². The molecule has 61 heavy (non-hydrogen) atoms. The van der Waals surface area contributed by atoms with E-state index in [4.69, 9.17) is 25.5 Å². The first kappa shape index (κ1) is 50.1. The number of rotatable bonds is 4. The monoisotopic (exact) mass is 859 g/mol. The molecule has 356 valence electrons. The van der Waals surface area contributed by atoms with Gasteiger partial charge in [-0.1, -0.05) is 71.1 Å². The summed E-state index contributed by atoms with van der Waals surface area (Å²) in [5.41, 5.74) is 0. The first-order chi connectivity index (χ1) is 29.5. The van der Waals surface area contributed by atoms with Gasteiger partial charge in [0.1, 0.15) is 0 Å². The van der Waals surface area contributed by atoms with Crippen LogP contribution >= 0.6 is 0 Å². The van der Waals surface area contributed by atoms with E-state index in [1.807, 2.05) is 6.92 Å². The topological polar surface area (TPSA) is 142 Å². The van der Waals surface area contributed by atoms with Crippen molar-refractivity contribution in [2.45, 2.75) is 231 Å². The fraction of sp³-hybridized carbons (Fsp3) is 1.00. The second kappa shape index (κ2) is 25.6. The molecule has 0 amide bonds. The Morgan fingerprint density at radius 3 is 1.10 bits per heavy atom. The van der Waals surface area contributed by atoms with Crippen LogP contribution in [0.5, 0.6) is 0 Å². The van der Waals surface area contributed by atoms with Crippen molar-refractivity contribution in [3.05, 3.63) is 0 Å². The third kappa shape index (κ3) is 14.9. The third-order valence-corrected chi connectivity index (χ3v) is 19.6. The first-order valence-corrected chi connectivity index (χ1v) is 27.1. The van der Waals surface area contributed by atoms with Gasteiger partial charge in [-0.2, -0.15) is 0 Å². The highest BCUT2D eigenvalue weighted by Gasteiger charge is 2.45. The standard InChI is InChI=1S/C10H18O.2C9H16O.C8H14O.C7H12O.C6H12O.C5H10O/c1-7(11)10-6-8-2-4-9(10)5-3-8;1-6-7-2-3-8(4-7)9(6)5-10;10-6-9-5-7-1-3-8(9)4-2-7;9-5-8-4-6-1-2-7(8)3-6;8-7-4-5-1-2-6(7)3-5;7-6-4-2-1-3-5-6;6-5-3-1-2-4-5/h7-11H,2-6H2,1H3;6-10H,2-5H2,1H3;7-10H,1-6H2;6-9H,1-5H2;5-8H,1-4H2;6-7H,1-5H2;5-6H,1-4H2. The molecule has 14 saturated carbocycles. The van der Waals surface area contributed by atoms with Gasteiger partial charge >= 0.3 is 0 Å². The molecule has 7 heteroatoms. The fourth-order valence-electron chi connectivity index (χ4n) is 15.6. The Morgan fingerprint density at radius 2 is 0.836 bits per heavy atom. The highest BCUT2D eigenvalue weighted by molar-refractivity contribution is 4.94. The zero-order chi connectivity index (χ0) is 43.3. The highest BCUT2D eigenvalue weighted by Crippen LogP contribution is 2.52. The molecule has 13 atom stereocenters. The number of hydrogen-bond donors (Lipinski definition) is 7. The smallest absolute Gasteiger partial charge is 0.0571 e. The summed E-state index contributed by atoms with van der Waals surface area (Å²) >= 11 is 0. The summed E-state index contributed by atoms with van der Waals surface area (Å²) in [7, 11) is 0. The van der Waals surface area contributed by atoms with Crippen LogP contribution in [0.15, 0.2) is 0 Å². The van der Waals surface area contributed by atoms with Gasteiger partial charge in [0.05, 0.1) is 24.4 Å². The van der Waals surface area contributed by atoms with E-state index in [9.17, 15) is 10.2 Å². The van der Waals surface area contributed by atoms with Crippen molar-refractivity contribution < 1.29 is 35.7 Å². The Bertz CT molecular complexity index is 1170. The van der Waals surface area contributed by atoms with Crippen LogP contribution in [-0.4, -0.2) is 80.0 Å². The second-order valence-electron chi connectivity index (χ2n) is 23.5. The minimum Gasteiger partial charge on any atom is -0.396 e. The molecule has 14 aliphatic rings. The molecular formula is C54H98O7. The van der Waals surface area contributed by atoms with Crippen LogP contribution < -0.4 is 0 Å². The van der Waals surface area contributed by atoms with Crippen molar-refractivity contribution in [1.82, 2.24) is 0 Å². The lowest BCUT2D eigenvalue weighted by atomic mass is 9.63. The van der Waals surface area contributed by atoms with E-state index in [1.54, 1.807) is 0 Å². The maximum absolute atomic E-state index is 9.50. The van der Waals surface area contributed by atoms with E-state index >= 15 is 0 Å². The Kier molecular flexibility index (Phi) is 21.0. The molecule has 13 unspecified atom stereocenters. The molecule has 14 rings (SSSR count). The quantitative estimate of drug-likeness (QED) is 0.149. The summed E-state index contributed by atoms with van der Waals surface area (Å²) in [5.74, 6) is 12.5. The predicted molar refractivity (Wildman–Crippen MR) is 247 cm³/mol. The van der Waals surface area contributed by atoms with Crippen molar-refractivity contribution in [3.63, 3.8) is 0 Å². The van der Waals surface area contributed by atoms with Crippen molar-refractivity contribution in [3.8, 4) is 0 Å². The lowest BCUT2D eigenvalue weighted by Gasteiger charge is -2.43. The zero-order valence-corrected chi connectivity index (χ0v) is 39.4. The lowest BCUT2D eigenvalue weighted by molar-refractivity contribution is 0.00602. The van der Waals surface area contributed by atoms with E-state index in [2.05, 4.69) is 6.92 Å². The fourth-order valence-corrected chi connectivity index (χ4v) is 15.6. The molecule has 0 aromatic rings. The van der Waals surface area contributed by atoms with Crippen LogP contribution in [0.1, 0.15) is 206 Å². The molecule has 0 aliphatic heterocycles. The summed E-state index contributed by atoms with van der Waals surface area (Å²) in [6, 6.07) is 0. The summed E-state index contributed by atoms with van der Waals surface area (Å²) in [5, 5.41) is 63.3. The number of fused-ring (bicyclic) bond motifs is 12. The molecule has 0 heterocycles. The largest absolute Gasteiger partial charge is 0.396 e. The SMILES string of the molecule is CC(O)C1CC2CCC1CC2.CC1C2CCC(C2)C1CO.OC1CC2CCC1C2.OC1CCCC1.OC1CCCCC1.OCC1CC2CCC1C2.OCC1CC2CCC1CC2. The van der Waals surface area contributed by atoms with Crippen LogP contribution in [0.2, 0.25) is 0 Å². The van der Waals surface area contributed by atoms with E-state index in [0.717, 1.165) is 91.3 Å². The number of aliphatic hydroxyl groups is 7. The van der Waals surface area contributed by atoms with Gasteiger partial charge in [-0.25, -0.2) is 0 Å². The molecule has 14 aliphatic carbocycles. The van der Waals surface area contributed by atoms with Gasteiger partial charge in [0, 0.05) is 19.8 Å². The van der Waals surface area contributed by atoms with Gasteiger partial charge in [-0.3, -0.25) is 0 Å². The molecule has 0 aromatic carbocycles. The summed E-state index contributed by atoms with van der Waals surface area (Å²) < 4.78 is 0. The minimum absolute atomic E-state index is 0.0359. The zero-order valence-electron chi connectivity index (χ0n) is 39.4. The van der Waals surface area contributed by atoms with Crippen LogP contribution in [-0.2, 0) is 0 Å². The molecular weight excluding hydrogens is 761 g/mol. The van der Waals surface area contributed by atoms with E-state index in [0.29, 0.717) is 49.4 Å². The Balaban J connectivity index is 0.000000120. The maximum Gasteiger partial charge on any atom is 0.0571 e. The van der Waals surface area contributed by atoms with Gasteiger partial charge in [0.25, 0.3) is 0 Å². The van der Waals surface area contributed by atoms with Crippen molar-refractivity contribution in [2.24, 2.45) is 88.8 Å². The Hall–Kier alpha value is -0.280. The molecule has 0 spiro atoms. The molecule has 14 fully saturated rings. The van der Waals surface area contributed by atoms with Crippen LogP contribution in [0.4, 0.5) is 0 Å². The summed E-state index contributed by atoms with van der Waals surface area (Å²) in [6.45, 7) is 5.60. The number of aliphatic hydroxyl groups excluding tert-OH is 7. The summed E-state index contributed by atoms with van der Waals surface area (Å²) in [4.78, 5) is 0. The van der Waals surface area contributed by atoms with Gasteiger partial charge in [0.15, 0.2) is 0 Å². The van der Waals surface area contributed by atoms with Gasteiger partial charge in [-0.05, 0) is 224 Å². The number of hydrogen-bond acceptors (Lipinski definition) is 7. The molecule has 0 radical (unpaired) electrons. The molecule has 0 aromatic heterocycles. The average molecular weight is 859 g/mol. The summed E-state index contributed by atoms with van der Waals surface area (Å²) in [6.07, 6.45) is 39.5. The highest BCUT2D eigenvalue weighted by atomic mass is 16.3. The van der Waals surface area contributed by atoms with Crippen LogP contribution in [0.25, 0.3) is 0 Å². The average Bonchev–Trinajstić information content (AvgIpc) is 4.18. The first-order valence-electron chi connectivity index (χ1n) is 27.1.